The second kappa shape index (κ2) is 6.01. The SMILES string of the molecule is CCC(=O)OCCc1ccccc1I. The molecule has 0 saturated carbocycles. The van der Waals surface area contributed by atoms with Crippen molar-refractivity contribution in [2.75, 3.05) is 6.61 Å². The van der Waals surface area contributed by atoms with Crippen LogP contribution in [-0.2, 0) is 16.0 Å². The fraction of sp³-hybridized carbons (Fsp3) is 0.364. The number of halogens is 1. The Morgan fingerprint density at radius 1 is 1.43 bits per heavy atom. The van der Waals surface area contributed by atoms with Crippen molar-refractivity contribution < 1.29 is 9.53 Å². The number of hydrogen-bond acceptors (Lipinski definition) is 2. The summed E-state index contributed by atoms with van der Waals surface area (Å²) in [6, 6.07) is 8.11. The van der Waals surface area contributed by atoms with E-state index in [1.807, 2.05) is 12.1 Å². The summed E-state index contributed by atoms with van der Waals surface area (Å²) in [5, 5.41) is 0. The van der Waals surface area contributed by atoms with Crippen molar-refractivity contribution in [3.8, 4) is 0 Å². The van der Waals surface area contributed by atoms with Gasteiger partial charge in [-0.15, -0.1) is 0 Å². The van der Waals surface area contributed by atoms with Crippen LogP contribution < -0.4 is 0 Å². The van der Waals surface area contributed by atoms with E-state index in [2.05, 4.69) is 34.7 Å². The van der Waals surface area contributed by atoms with Gasteiger partial charge >= 0.3 is 5.97 Å². The predicted octanol–water partition coefficient (Wildman–Crippen LogP) is 2.79. The van der Waals surface area contributed by atoms with Crippen LogP contribution in [0.15, 0.2) is 24.3 Å². The third kappa shape index (κ3) is 3.65. The van der Waals surface area contributed by atoms with Gasteiger partial charge in [-0.3, -0.25) is 4.79 Å². The maximum absolute atomic E-state index is 10.9. The first kappa shape index (κ1) is 11.5. The molecular weight excluding hydrogens is 291 g/mol. The maximum Gasteiger partial charge on any atom is 0.305 e. The van der Waals surface area contributed by atoms with Gasteiger partial charge in [0.05, 0.1) is 6.61 Å². The van der Waals surface area contributed by atoms with Crippen molar-refractivity contribution in [1.29, 1.82) is 0 Å². The molecule has 0 radical (unpaired) electrons. The van der Waals surface area contributed by atoms with Crippen LogP contribution in [0.4, 0.5) is 0 Å². The van der Waals surface area contributed by atoms with Gasteiger partial charge in [-0.2, -0.15) is 0 Å². The maximum atomic E-state index is 10.9. The first-order chi connectivity index (χ1) is 6.74. The van der Waals surface area contributed by atoms with Gasteiger partial charge in [0.1, 0.15) is 0 Å². The summed E-state index contributed by atoms with van der Waals surface area (Å²) in [7, 11) is 0. The Morgan fingerprint density at radius 2 is 2.14 bits per heavy atom. The molecule has 0 spiro atoms. The first-order valence-electron chi connectivity index (χ1n) is 4.63. The highest BCUT2D eigenvalue weighted by atomic mass is 127. The van der Waals surface area contributed by atoms with Gasteiger partial charge in [0.25, 0.3) is 0 Å². The topological polar surface area (TPSA) is 26.3 Å². The summed E-state index contributed by atoms with van der Waals surface area (Å²) in [5.41, 5.74) is 1.23. The third-order valence-electron chi connectivity index (χ3n) is 1.88. The Balaban J connectivity index is 2.39. The van der Waals surface area contributed by atoms with Crippen molar-refractivity contribution in [2.45, 2.75) is 19.8 Å². The van der Waals surface area contributed by atoms with E-state index in [-0.39, 0.29) is 5.97 Å². The van der Waals surface area contributed by atoms with Gasteiger partial charge in [0.15, 0.2) is 0 Å². The largest absolute Gasteiger partial charge is 0.465 e. The lowest BCUT2D eigenvalue weighted by molar-refractivity contribution is -0.143. The lowest BCUT2D eigenvalue weighted by Gasteiger charge is -2.04. The highest BCUT2D eigenvalue weighted by molar-refractivity contribution is 14.1. The second-order valence-corrected chi connectivity index (χ2v) is 4.08. The smallest absolute Gasteiger partial charge is 0.305 e. The Bertz CT molecular complexity index is 310. The van der Waals surface area contributed by atoms with Crippen LogP contribution in [0.1, 0.15) is 18.9 Å². The summed E-state index contributed by atoms with van der Waals surface area (Å²) in [5.74, 6) is -0.129. The zero-order chi connectivity index (χ0) is 10.4. The lowest BCUT2D eigenvalue weighted by Crippen LogP contribution is -2.06. The number of rotatable bonds is 4. The molecule has 0 amide bonds. The van der Waals surface area contributed by atoms with Crippen molar-refractivity contribution in [3.05, 3.63) is 33.4 Å². The zero-order valence-electron chi connectivity index (χ0n) is 8.13. The van der Waals surface area contributed by atoms with Gasteiger partial charge in [-0.25, -0.2) is 0 Å². The molecule has 0 aromatic heterocycles. The van der Waals surface area contributed by atoms with E-state index >= 15 is 0 Å². The standard InChI is InChI=1S/C11H13IO2/c1-2-11(13)14-8-7-9-5-3-4-6-10(9)12/h3-6H,2,7-8H2,1H3. The molecule has 0 unspecified atom stereocenters. The molecule has 1 aromatic rings. The normalized spacial score (nSPS) is 9.86. The third-order valence-corrected chi connectivity index (χ3v) is 2.93. The van der Waals surface area contributed by atoms with Crippen LogP contribution in [0.25, 0.3) is 0 Å². The number of hydrogen-bond donors (Lipinski definition) is 0. The fourth-order valence-electron chi connectivity index (χ4n) is 1.08. The summed E-state index contributed by atoms with van der Waals surface area (Å²) in [4.78, 5) is 10.9. The van der Waals surface area contributed by atoms with Gasteiger partial charge < -0.3 is 4.74 Å². The van der Waals surface area contributed by atoms with Crippen molar-refractivity contribution >= 4 is 28.6 Å². The number of carbonyl (C=O) groups is 1. The molecule has 0 N–H and O–H groups in total. The van der Waals surface area contributed by atoms with Gasteiger partial charge in [-0.05, 0) is 34.2 Å². The highest BCUT2D eigenvalue weighted by Crippen LogP contribution is 2.11. The van der Waals surface area contributed by atoms with E-state index in [4.69, 9.17) is 4.74 Å². The van der Waals surface area contributed by atoms with E-state index in [1.165, 1.54) is 9.13 Å². The van der Waals surface area contributed by atoms with E-state index < -0.39 is 0 Å². The van der Waals surface area contributed by atoms with E-state index in [9.17, 15) is 4.79 Å². The molecule has 0 fully saturated rings. The molecule has 1 aromatic carbocycles. The summed E-state index contributed by atoms with van der Waals surface area (Å²) < 4.78 is 6.23. The number of benzene rings is 1. The van der Waals surface area contributed by atoms with Crippen LogP contribution in [0.2, 0.25) is 0 Å². The molecule has 0 aliphatic rings. The summed E-state index contributed by atoms with van der Waals surface area (Å²) >= 11 is 2.29. The van der Waals surface area contributed by atoms with Crippen molar-refractivity contribution in [1.82, 2.24) is 0 Å². The molecule has 0 aliphatic heterocycles. The number of carbonyl (C=O) groups excluding carboxylic acids is 1. The summed E-state index contributed by atoms with van der Waals surface area (Å²) in [6.45, 7) is 2.28. The molecule has 0 heterocycles. The van der Waals surface area contributed by atoms with E-state index in [0.717, 1.165) is 6.42 Å². The molecule has 3 heteroatoms. The first-order valence-corrected chi connectivity index (χ1v) is 5.71. The van der Waals surface area contributed by atoms with Gasteiger partial charge in [0.2, 0.25) is 0 Å². The quantitative estimate of drug-likeness (QED) is 0.631. The van der Waals surface area contributed by atoms with Crippen molar-refractivity contribution in [3.63, 3.8) is 0 Å². The zero-order valence-corrected chi connectivity index (χ0v) is 10.3. The van der Waals surface area contributed by atoms with Crippen LogP contribution in [0, 0.1) is 3.57 Å². The van der Waals surface area contributed by atoms with E-state index in [1.54, 1.807) is 6.92 Å². The highest BCUT2D eigenvalue weighted by Gasteiger charge is 2.01. The molecule has 14 heavy (non-hydrogen) atoms. The molecule has 1 rings (SSSR count). The molecule has 0 aliphatic carbocycles. The molecule has 76 valence electrons. The average Bonchev–Trinajstić information content (AvgIpc) is 2.20. The summed E-state index contributed by atoms with van der Waals surface area (Å²) in [6.07, 6.45) is 1.25. The van der Waals surface area contributed by atoms with Crippen LogP contribution in [0.3, 0.4) is 0 Å². The average molecular weight is 304 g/mol. The number of ether oxygens (including phenoxy) is 1. The molecule has 0 bridgehead atoms. The van der Waals surface area contributed by atoms with Crippen molar-refractivity contribution in [2.24, 2.45) is 0 Å². The Morgan fingerprint density at radius 3 is 2.79 bits per heavy atom. The van der Waals surface area contributed by atoms with E-state index in [0.29, 0.717) is 13.0 Å². The second-order valence-electron chi connectivity index (χ2n) is 2.92. The Hall–Kier alpha value is -0.580. The Kier molecular flexibility index (Phi) is 4.93. The minimum Gasteiger partial charge on any atom is -0.465 e. The molecular formula is C11H13IO2. The number of esters is 1. The molecule has 0 saturated heterocycles. The van der Waals surface area contributed by atoms with Gasteiger partial charge in [-0.1, -0.05) is 25.1 Å². The van der Waals surface area contributed by atoms with Crippen LogP contribution in [0.5, 0.6) is 0 Å². The van der Waals surface area contributed by atoms with Crippen LogP contribution in [-0.4, -0.2) is 12.6 Å². The lowest BCUT2D eigenvalue weighted by atomic mass is 10.2. The molecule has 2 nitrogen and oxygen atoms in total. The van der Waals surface area contributed by atoms with Crippen LogP contribution >= 0.6 is 22.6 Å². The molecule has 0 atom stereocenters. The monoisotopic (exact) mass is 304 g/mol. The van der Waals surface area contributed by atoms with Gasteiger partial charge in [0, 0.05) is 16.4 Å². The fourth-order valence-corrected chi connectivity index (χ4v) is 1.74. The minimum absolute atomic E-state index is 0.129. The Labute approximate surface area is 97.8 Å². The minimum atomic E-state index is -0.129. The predicted molar refractivity (Wildman–Crippen MR) is 64.1 cm³/mol.